The molecule has 26 heavy (non-hydrogen) atoms. The molecule has 1 fully saturated rings. The maximum atomic E-state index is 11.4. The van der Waals surface area contributed by atoms with Crippen molar-refractivity contribution in [2.24, 2.45) is 11.0 Å². The Morgan fingerprint density at radius 2 is 1.88 bits per heavy atom. The van der Waals surface area contributed by atoms with Gasteiger partial charge in [0.2, 0.25) is 12.2 Å². The number of esters is 2. The number of nitrogens with one attached hydrogen (secondary N) is 1. The summed E-state index contributed by atoms with van der Waals surface area (Å²) in [5.74, 6) is -2.55. The SMILES string of the molecule is CC(=O)OCC1O[C@@H](OC(=N)C(Cl)(Cl)Cl)C(N=[N+]=[N-])[C@@H](C)[C@H]1OC(C)=O. The lowest BCUT2D eigenvalue weighted by Gasteiger charge is -2.43. The molecule has 10 nitrogen and oxygen atoms in total. The van der Waals surface area contributed by atoms with E-state index in [4.69, 9.17) is 64.7 Å². The highest BCUT2D eigenvalue weighted by atomic mass is 35.6. The van der Waals surface area contributed by atoms with Crippen LogP contribution in [-0.4, -0.2) is 52.8 Å². The average molecular weight is 432 g/mol. The van der Waals surface area contributed by atoms with E-state index in [1.54, 1.807) is 6.92 Å². The van der Waals surface area contributed by atoms with Crippen LogP contribution in [0, 0.1) is 11.3 Å². The quantitative estimate of drug-likeness (QED) is 0.135. The molecule has 2 unspecified atom stereocenters. The lowest BCUT2D eigenvalue weighted by molar-refractivity contribution is -0.238. The summed E-state index contributed by atoms with van der Waals surface area (Å²) in [6, 6.07) is -1.01. The summed E-state index contributed by atoms with van der Waals surface area (Å²) < 4.78 is 18.8. The average Bonchev–Trinajstić information content (AvgIpc) is 2.50. The molecule has 0 radical (unpaired) electrons. The largest absolute Gasteiger partial charge is 0.463 e. The topological polar surface area (TPSA) is 144 Å². The third-order valence-electron chi connectivity index (χ3n) is 3.44. The maximum Gasteiger partial charge on any atom is 0.303 e. The van der Waals surface area contributed by atoms with Gasteiger partial charge in [-0.25, -0.2) is 0 Å². The second kappa shape index (κ2) is 9.48. The number of azide groups is 1. The summed E-state index contributed by atoms with van der Waals surface area (Å²) in [6.07, 6.45) is -3.17. The smallest absolute Gasteiger partial charge is 0.303 e. The normalized spacial score (nSPS) is 28.5. The summed E-state index contributed by atoms with van der Waals surface area (Å²) in [4.78, 5) is 25.2. The van der Waals surface area contributed by atoms with Gasteiger partial charge in [0, 0.05) is 24.7 Å². The van der Waals surface area contributed by atoms with Gasteiger partial charge in [0.05, 0.1) is 0 Å². The van der Waals surface area contributed by atoms with Crippen LogP contribution in [0.15, 0.2) is 5.11 Å². The number of carbonyl (C=O) groups excluding carboxylic acids is 2. The molecule has 146 valence electrons. The number of ether oxygens (including phenoxy) is 4. The fourth-order valence-electron chi connectivity index (χ4n) is 2.32. The maximum absolute atomic E-state index is 11.4. The molecule has 0 bridgehead atoms. The number of alkyl halides is 3. The second-order valence-corrected chi connectivity index (χ2v) is 7.70. The van der Waals surface area contributed by atoms with Crippen molar-refractivity contribution in [1.82, 2.24) is 0 Å². The van der Waals surface area contributed by atoms with E-state index in [9.17, 15) is 9.59 Å². The summed E-state index contributed by atoms with van der Waals surface area (Å²) in [5.41, 5.74) is 8.80. The van der Waals surface area contributed by atoms with Gasteiger partial charge in [-0.3, -0.25) is 15.0 Å². The Morgan fingerprint density at radius 1 is 1.27 bits per heavy atom. The van der Waals surface area contributed by atoms with Crippen LogP contribution < -0.4 is 0 Å². The van der Waals surface area contributed by atoms with Crippen LogP contribution >= 0.6 is 34.8 Å². The Morgan fingerprint density at radius 3 is 2.35 bits per heavy atom. The third-order valence-corrected chi connectivity index (χ3v) is 3.96. The van der Waals surface area contributed by atoms with E-state index in [1.165, 1.54) is 13.8 Å². The number of hydrogen-bond donors (Lipinski definition) is 1. The number of hydrogen-bond acceptors (Lipinski definition) is 8. The Labute approximate surface area is 164 Å². The molecule has 1 heterocycles. The molecule has 1 rings (SSSR count). The molecule has 0 aromatic carbocycles. The van der Waals surface area contributed by atoms with E-state index >= 15 is 0 Å². The standard InChI is InChI=1S/C13H17Cl3N4O6/c1-5-9(19-20-18)11(26-12(17)13(14,15)16)25-8(4-23-6(2)21)10(5)24-7(3)22/h5,8-11,17H,4H2,1-3H3/t5-,8?,9?,10-,11+/m1/s1. The van der Waals surface area contributed by atoms with Crippen molar-refractivity contribution in [3.63, 3.8) is 0 Å². The number of nitrogens with zero attached hydrogens (tertiary/aromatic N) is 3. The fourth-order valence-corrected chi connectivity index (χ4v) is 2.45. The zero-order chi connectivity index (χ0) is 20.1. The van der Waals surface area contributed by atoms with E-state index in [-0.39, 0.29) is 6.61 Å². The molecule has 1 N–H and O–H groups in total. The monoisotopic (exact) mass is 430 g/mol. The van der Waals surface area contributed by atoms with E-state index in [0.717, 1.165) is 0 Å². The Kier molecular flexibility index (Phi) is 8.23. The van der Waals surface area contributed by atoms with E-state index in [1.807, 2.05) is 0 Å². The van der Waals surface area contributed by atoms with Crippen molar-refractivity contribution < 1.29 is 28.5 Å². The van der Waals surface area contributed by atoms with Gasteiger partial charge >= 0.3 is 11.9 Å². The molecule has 0 amide bonds. The first kappa shape index (κ1) is 22.6. The predicted molar refractivity (Wildman–Crippen MR) is 92.0 cm³/mol. The molecular weight excluding hydrogens is 415 g/mol. The molecule has 13 heteroatoms. The van der Waals surface area contributed by atoms with Crippen molar-refractivity contribution in [2.45, 2.75) is 49.1 Å². The van der Waals surface area contributed by atoms with Crippen LogP contribution in [-0.2, 0) is 28.5 Å². The second-order valence-electron chi connectivity index (χ2n) is 5.42. The van der Waals surface area contributed by atoms with Gasteiger partial charge in [-0.2, -0.15) is 0 Å². The Hall–Kier alpha value is -1.45. The molecule has 0 aromatic rings. The first-order chi connectivity index (χ1) is 12.0. The summed E-state index contributed by atoms with van der Waals surface area (Å²) >= 11 is 16.8. The minimum atomic E-state index is -2.16. The van der Waals surface area contributed by atoms with Gasteiger partial charge in [-0.05, 0) is 5.53 Å². The van der Waals surface area contributed by atoms with Crippen molar-refractivity contribution >= 4 is 52.6 Å². The third kappa shape index (κ3) is 6.37. The van der Waals surface area contributed by atoms with Gasteiger partial charge in [0.25, 0.3) is 3.79 Å². The van der Waals surface area contributed by atoms with Crippen LogP contribution in [0.4, 0.5) is 0 Å². The van der Waals surface area contributed by atoms with Crippen molar-refractivity contribution in [1.29, 1.82) is 5.41 Å². The fraction of sp³-hybridized carbons (Fsp3) is 0.769. The highest BCUT2D eigenvalue weighted by Gasteiger charge is 2.48. The van der Waals surface area contributed by atoms with E-state index in [2.05, 4.69) is 10.0 Å². The first-order valence-corrected chi connectivity index (χ1v) is 8.43. The summed E-state index contributed by atoms with van der Waals surface area (Å²) in [6.45, 7) is 3.74. The molecule has 5 atom stereocenters. The number of rotatable bonds is 5. The summed E-state index contributed by atoms with van der Waals surface area (Å²) in [7, 11) is 0. The minimum absolute atomic E-state index is 0.262. The molecule has 0 saturated carbocycles. The number of carbonyl (C=O) groups is 2. The lowest BCUT2D eigenvalue weighted by atomic mass is 9.89. The van der Waals surface area contributed by atoms with E-state index in [0.29, 0.717) is 0 Å². The van der Waals surface area contributed by atoms with Crippen LogP contribution in [0.25, 0.3) is 10.4 Å². The first-order valence-electron chi connectivity index (χ1n) is 7.30. The highest BCUT2D eigenvalue weighted by molar-refractivity contribution is 6.76. The molecule has 0 aromatic heterocycles. The van der Waals surface area contributed by atoms with Crippen molar-refractivity contribution in [2.75, 3.05) is 6.61 Å². The van der Waals surface area contributed by atoms with Gasteiger partial charge in [0.15, 0.2) is 0 Å². The van der Waals surface area contributed by atoms with Crippen molar-refractivity contribution in [3.8, 4) is 0 Å². The van der Waals surface area contributed by atoms with Crippen LogP contribution in [0.1, 0.15) is 20.8 Å². The van der Waals surface area contributed by atoms with Gasteiger partial charge in [-0.15, -0.1) is 0 Å². The summed E-state index contributed by atoms with van der Waals surface area (Å²) in [5, 5.41) is 11.2. The molecule has 0 aliphatic carbocycles. The van der Waals surface area contributed by atoms with Crippen LogP contribution in [0.5, 0.6) is 0 Å². The molecule has 0 spiro atoms. The zero-order valence-corrected chi connectivity index (χ0v) is 16.3. The van der Waals surface area contributed by atoms with Crippen LogP contribution in [0.3, 0.4) is 0 Å². The Bertz CT molecular complexity index is 607. The Balaban J connectivity index is 3.12. The van der Waals surface area contributed by atoms with E-state index < -0.39 is 52.1 Å². The van der Waals surface area contributed by atoms with Gasteiger partial charge in [-0.1, -0.05) is 46.8 Å². The predicted octanol–water partition coefficient (Wildman–Crippen LogP) is 2.89. The number of halogens is 3. The molecular formula is C13H17Cl3N4O6. The highest BCUT2D eigenvalue weighted by Crippen LogP contribution is 2.34. The lowest BCUT2D eigenvalue weighted by Crippen LogP contribution is -2.56. The van der Waals surface area contributed by atoms with Crippen molar-refractivity contribution in [3.05, 3.63) is 10.4 Å². The van der Waals surface area contributed by atoms with Gasteiger partial charge in [0.1, 0.15) is 24.9 Å². The van der Waals surface area contributed by atoms with Gasteiger partial charge < -0.3 is 18.9 Å². The molecule has 1 saturated heterocycles. The molecule has 1 aliphatic rings. The van der Waals surface area contributed by atoms with Crippen LogP contribution in [0.2, 0.25) is 0 Å². The minimum Gasteiger partial charge on any atom is -0.463 e. The zero-order valence-electron chi connectivity index (χ0n) is 14.0. The molecule has 1 aliphatic heterocycles.